The second kappa shape index (κ2) is 7.55. The van der Waals surface area contributed by atoms with Gasteiger partial charge in [0.25, 0.3) is 0 Å². The second-order valence-electron chi connectivity index (χ2n) is 6.32. The van der Waals surface area contributed by atoms with Gasteiger partial charge in [0.05, 0.1) is 23.9 Å². The van der Waals surface area contributed by atoms with Gasteiger partial charge in [-0.1, -0.05) is 0 Å². The molecule has 1 N–H and O–H groups in total. The molecule has 1 amide bonds. The molecule has 6 nitrogen and oxygen atoms in total. The van der Waals surface area contributed by atoms with Crippen molar-refractivity contribution in [3.8, 4) is 11.3 Å². The van der Waals surface area contributed by atoms with E-state index in [-0.39, 0.29) is 5.82 Å². The van der Waals surface area contributed by atoms with E-state index in [2.05, 4.69) is 10.2 Å². The Morgan fingerprint density at radius 1 is 1.03 bits per heavy atom. The number of hydrogen-bond donors (Lipinski definition) is 1. The predicted molar refractivity (Wildman–Crippen MR) is 107 cm³/mol. The Hall–Kier alpha value is -4.00. The molecule has 4 aromatic rings. The molecule has 0 bridgehead atoms. The topological polar surface area (TPSA) is 75.3 Å². The van der Waals surface area contributed by atoms with E-state index >= 15 is 0 Å². The Labute approximate surface area is 165 Å². The van der Waals surface area contributed by atoms with E-state index in [1.54, 1.807) is 42.5 Å². The minimum atomic E-state index is -0.446. The summed E-state index contributed by atoms with van der Waals surface area (Å²) in [5.41, 5.74) is 3.83. The van der Waals surface area contributed by atoms with E-state index in [1.807, 2.05) is 12.1 Å². The average molecular weight is 389 g/mol. The summed E-state index contributed by atoms with van der Waals surface area (Å²) in [6.07, 6.45) is 0.700. The number of carbonyl (C=O) groups excluding carboxylic acids is 2. The fourth-order valence-corrected chi connectivity index (χ4v) is 3.13. The summed E-state index contributed by atoms with van der Waals surface area (Å²) in [7, 11) is 1.31. The fourth-order valence-electron chi connectivity index (χ4n) is 3.13. The molecule has 3 aromatic carbocycles. The highest BCUT2D eigenvalue weighted by Crippen LogP contribution is 2.32. The third-order valence-corrected chi connectivity index (χ3v) is 4.61. The summed E-state index contributed by atoms with van der Waals surface area (Å²) in [6.45, 7) is 0. The number of carbonyl (C=O) groups is 2. The number of nitrogens with zero attached hydrogens (tertiary/aromatic N) is 2. The largest absolute Gasteiger partial charge is 0.465 e. The normalized spacial score (nSPS) is 10.7. The van der Waals surface area contributed by atoms with Crippen LogP contribution < -0.4 is 4.90 Å². The highest BCUT2D eigenvalue weighted by molar-refractivity contribution is 5.98. The van der Waals surface area contributed by atoms with E-state index < -0.39 is 5.97 Å². The number of methoxy groups -OCH3 is 1. The summed E-state index contributed by atoms with van der Waals surface area (Å²) < 4.78 is 17.9. The van der Waals surface area contributed by atoms with E-state index in [0.29, 0.717) is 29.0 Å². The van der Waals surface area contributed by atoms with Gasteiger partial charge in [-0.05, 0) is 66.7 Å². The van der Waals surface area contributed by atoms with Gasteiger partial charge >= 0.3 is 5.97 Å². The average Bonchev–Trinajstić information content (AvgIpc) is 3.18. The quantitative estimate of drug-likeness (QED) is 0.404. The first-order chi connectivity index (χ1) is 14.1. The SMILES string of the molecule is COC(=O)c1ccc(N(C=O)c2ccc3[nH]nc(-c4ccc(F)cc4)c3c2)cc1. The standard InChI is InChI=1S/C22H16FN3O3/c1-29-22(28)15-4-8-17(9-5-15)26(13-27)18-10-11-20-19(12-18)21(25-24-20)14-2-6-16(23)7-3-14/h2-13H,1H3,(H,24,25). The third-order valence-electron chi connectivity index (χ3n) is 4.61. The van der Waals surface area contributed by atoms with E-state index in [0.717, 1.165) is 16.5 Å². The number of nitrogens with one attached hydrogen (secondary N) is 1. The minimum Gasteiger partial charge on any atom is -0.465 e. The zero-order valence-electron chi connectivity index (χ0n) is 15.4. The van der Waals surface area contributed by atoms with Crippen LogP contribution >= 0.6 is 0 Å². The molecule has 4 rings (SSSR count). The number of amides is 1. The van der Waals surface area contributed by atoms with Gasteiger partial charge in [0.2, 0.25) is 6.41 Å². The van der Waals surface area contributed by atoms with Gasteiger partial charge in [0, 0.05) is 22.3 Å². The zero-order chi connectivity index (χ0) is 20.4. The van der Waals surface area contributed by atoms with Crippen LogP contribution in [0.25, 0.3) is 22.2 Å². The maximum Gasteiger partial charge on any atom is 0.337 e. The van der Waals surface area contributed by atoms with Crippen LogP contribution in [0, 0.1) is 5.82 Å². The van der Waals surface area contributed by atoms with Gasteiger partial charge in [-0.25, -0.2) is 9.18 Å². The van der Waals surface area contributed by atoms with Gasteiger partial charge in [-0.3, -0.25) is 14.8 Å². The van der Waals surface area contributed by atoms with Gasteiger partial charge < -0.3 is 4.74 Å². The van der Waals surface area contributed by atoms with Crippen LogP contribution in [-0.4, -0.2) is 29.7 Å². The van der Waals surface area contributed by atoms with Crippen molar-refractivity contribution in [1.29, 1.82) is 0 Å². The Morgan fingerprint density at radius 3 is 2.38 bits per heavy atom. The van der Waals surface area contributed by atoms with Crippen molar-refractivity contribution in [2.75, 3.05) is 12.0 Å². The molecule has 0 unspecified atom stereocenters. The molecule has 0 saturated heterocycles. The summed E-state index contributed by atoms with van der Waals surface area (Å²) in [6, 6.07) is 18.0. The van der Waals surface area contributed by atoms with Crippen LogP contribution in [0.2, 0.25) is 0 Å². The van der Waals surface area contributed by atoms with Crippen molar-refractivity contribution in [2.24, 2.45) is 0 Å². The van der Waals surface area contributed by atoms with Crippen molar-refractivity contribution in [3.05, 3.63) is 78.1 Å². The first-order valence-corrected chi connectivity index (χ1v) is 8.77. The zero-order valence-corrected chi connectivity index (χ0v) is 15.4. The van der Waals surface area contributed by atoms with Crippen molar-refractivity contribution in [1.82, 2.24) is 10.2 Å². The summed E-state index contributed by atoms with van der Waals surface area (Å²) in [5, 5.41) is 8.08. The molecule has 1 heterocycles. The number of benzene rings is 3. The number of hydrogen-bond acceptors (Lipinski definition) is 4. The van der Waals surface area contributed by atoms with Crippen molar-refractivity contribution < 1.29 is 18.7 Å². The number of aromatic amines is 1. The molecule has 0 aliphatic carbocycles. The molecule has 0 fully saturated rings. The smallest absolute Gasteiger partial charge is 0.337 e. The Balaban J connectivity index is 1.74. The van der Waals surface area contributed by atoms with E-state index in [4.69, 9.17) is 4.74 Å². The van der Waals surface area contributed by atoms with Crippen LogP contribution in [-0.2, 0) is 9.53 Å². The molecule has 0 radical (unpaired) electrons. The van der Waals surface area contributed by atoms with Gasteiger partial charge in [-0.15, -0.1) is 0 Å². The van der Waals surface area contributed by atoms with Crippen LogP contribution in [0.4, 0.5) is 15.8 Å². The lowest BCUT2D eigenvalue weighted by Crippen LogP contribution is -2.14. The number of anilines is 2. The number of aromatic nitrogens is 2. The van der Waals surface area contributed by atoms with Gasteiger partial charge in [-0.2, -0.15) is 5.10 Å². The van der Waals surface area contributed by atoms with Crippen LogP contribution in [0.5, 0.6) is 0 Å². The maximum absolute atomic E-state index is 13.2. The van der Waals surface area contributed by atoms with Gasteiger partial charge in [0.15, 0.2) is 0 Å². The number of esters is 1. The molecule has 0 atom stereocenters. The van der Waals surface area contributed by atoms with Crippen molar-refractivity contribution in [3.63, 3.8) is 0 Å². The molecule has 0 aliphatic rings. The number of halogens is 1. The molecule has 0 saturated carbocycles. The molecule has 29 heavy (non-hydrogen) atoms. The Kier molecular flexibility index (Phi) is 4.78. The summed E-state index contributed by atoms with van der Waals surface area (Å²) in [4.78, 5) is 24.9. The van der Waals surface area contributed by atoms with Crippen molar-refractivity contribution in [2.45, 2.75) is 0 Å². The summed E-state index contributed by atoms with van der Waals surface area (Å²) >= 11 is 0. The highest BCUT2D eigenvalue weighted by Gasteiger charge is 2.14. The molecule has 1 aromatic heterocycles. The fraction of sp³-hybridized carbons (Fsp3) is 0.0455. The molecule has 144 valence electrons. The summed E-state index contributed by atoms with van der Waals surface area (Å²) in [5.74, 6) is -0.769. The molecular formula is C22H16FN3O3. The monoisotopic (exact) mass is 389 g/mol. The molecule has 0 spiro atoms. The molecule has 7 heteroatoms. The van der Waals surface area contributed by atoms with E-state index in [9.17, 15) is 14.0 Å². The Bertz CT molecular complexity index is 1180. The predicted octanol–water partition coefficient (Wildman–Crippen LogP) is 4.45. The number of rotatable bonds is 5. The van der Waals surface area contributed by atoms with Gasteiger partial charge in [0.1, 0.15) is 5.82 Å². The first kappa shape index (κ1) is 18.4. The van der Waals surface area contributed by atoms with Crippen molar-refractivity contribution >= 4 is 34.7 Å². The maximum atomic E-state index is 13.2. The highest BCUT2D eigenvalue weighted by atomic mass is 19.1. The molecule has 0 aliphatic heterocycles. The lowest BCUT2D eigenvalue weighted by atomic mass is 10.1. The van der Waals surface area contributed by atoms with Crippen LogP contribution in [0.1, 0.15) is 10.4 Å². The number of H-pyrrole nitrogens is 1. The lowest BCUT2D eigenvalue weighted by molar-refractivity contribution is -0.106. The molecular weight excluding hydrogens is 373 g/mol. The number of ether oxygens (including phenoxy) is 1. The third kappa shape index (κ3) is 3.45. The minimum absolute atomic E-state index is 0.322. The van der Waals surface area contributed by atoms with E-state index in [1.165, 1.54) is 24.1 Å². The van der Waals surface area contributed by atoms with Crippen LogP contribution in [0.3, 0.4) is 0 Å². The Morgan fingerprint density at radius 2 is 1.72 bits per heavy atom. The second-order valence-corrected chi connectivity index (χ2v) is 6.32. The van der Waals surface area contributed by atoms with Crippen LogP contribution in [0.15, 0.2) is 66.7 Å². The number of fused-ring (bicyclic) bond motifs is 1. The first-order valence-electron chi connectivity index (χ1n) is 8.77. The lowest BCUT2D eigenvalue weighted by Gasteiger charge is -2.18.